The molecule has 110 valence electrons. The molecule has 2 rings (SSSR count). The molecule has 0 unspecified atom stereocenters. The maximum Gasteiger partial charge on any atom is 0.257 e. The van der Waals surface area contributed by atoms with Gasteiger partial charge in [0.1, 0.15) is 17.4 Å². The van der Waals surface area contributed by atoms with Gasteiger partial charge in [0.25, 0.3) is 10.0 Å². The molecular weight excluding hydrogens is 292 g/mol. The van der Waals surface area contributed by atoms with Gasteiger partial charge in [0, 0.05) is 0 Å². The van der Waals surface area contributed by atoms with Crippen molar-refractivity contribution in [2.45, 2.75) is 18.9 Å². The van der Waals surface area contributed by atoms with E-state index in [1.165, 1.54) is 0 Å². The van der Waals surface area contributed by atoms with E-state index in [1.54, 1.807) is 31.2 Å². The quantitative estimate of drug-likeness (QED) is 0.909. The van der Waals surface area contributed by atoms with Crippen LogP contribution in [-0.4, -0.2) is 24.8 Å². The topological polar surface area (TPSA) is 111 Å². The number of nitrogens with zero attached hydrogens (tertiary/aromatic N) is 3. The van der Waals surface area contributed by atoms with Crippen LogP contribution in [0.5, 0.6) is 5.75 Å². The summed E-state index contributed by atoms with van der Waals surface area (Å²) in [4.78, 5) is 0. The average molecular weight is 306 g/mol. The van der Waals surface area contributed by atoms with E-state index in [4.69, 9.17) is 15.1 Å². The minimum atomic E-state index is -4.08. The number of primary sulfonamides is 1. The van der Waals surface area contributed by atoms with Gasteiger partial charge in [-0.15, -0.1) is 0 Å². The van der Waals surface area contributed by atoms with E-state index in [0.29, 0.717) is 23.7 Å². The number of ether oxygens (including phenoxy) is 1. The van der Waals surface area contributed by atoms with Crippen molar-refractivity contribution >= 4 is 10.0 Å². The lowest BCUT2D eigenvalue weighted by atomic mass is 10.3. The Kier molecular flexibility index (Phi) is 3.97. The number of aromatic nitrogens is 2. The van der Waals surface area contributed by atoms with Gasteiger partial charge in [-0.1, -0.05) is 0 Å². The van der Waals surface area contributed by atoms with Crippen molar-refractivity contribution in [3.05, 3.63) is 35.5 Å². The first kappa shape index (κ1) is 15.0. The molecule has 0 spiro atoms. The van der Waals surface area contributed by atoms with Gasteiger partial charge >= 0.3 is 0 Å². The van der Waals surface area contributed by atoms with Crippen molar-refractivity contribution in [2.24, 2.45) is 5.14 Å². The summed E-state index contributed by atoms with van der Waals surface area (Å²) in [5.41, 5.74) is 0.730. The zero-order valence-corrected chi connectivity index (χ0v) is 12.4. The first-order chi connectivity index (χ1) is 9.88. The van der Waals surface area contributed by atoms with Crippen molar-refractivity contribution in [3.8, 4) is 17.5 Å². The molecule has 8 heteroatoms. The van der Waals surface area contributed by atoms with Crippen molar-refractivity contribution in [1.29, 1.82) is 5.26 Å². The second-order valence-corrected chi connectivity index (χ2v) is 5.74. The number of nitrogens with two attached hydrogens (primary N) is 1. The predicted octanol–water partition coefficient (Wildman–Crippen LogP) is 1.10. The molecule has 7 nitrogen and oxygen atoms in total. The van der Waals surface area contributed by atoms with Crippen LogP contribution in [0.1, 0.15) is 18.2 Å². The maximum absolute atomic E-state index is 11.7. The van der Waals surface area contributed by atoms with E-state index >= 15 is 0 Å². The van der Waals surface area contributed by atoms with E-state index in [2.05, 4.69) is 5.10 Å². The largest absolute Gasteiger partial charge is 0.494 e. The summed E-state index contributed by atoms with van der Waals surface area (Å²) in [6.45, 7) is 3.95. The number of sulfonamides is 1. The summed E-state index contributed by atoms with van der Waals surface area (Å²) >= 11 is 0. The van der Waals surface area contributed by atoms with Crippen LogP contribution >= 0.6 is 0 Å². The number of rotatable bonds is 4. The average Bonchev–Trinajstić information content (AvgIpc) is 2.76. The zero-order chi connectivity index (χ0) is 15.6. The van der Waals surface area contributed by atoms with Gasteiger partial charge in [-0.3, -0.25) is 0 Å². The number of hydrogen-bond acceptors (Lipinski definition) is 5. The second kappa shape index (κ2) is 5.55. The molecule has 0 amide bonds. The van der Waals surface area contributed by atoms with E-state index < -0.39 is 10.0 Å². The Bertz CT molecular complexity index is 801. The normalized spacial score (nSPS) is 11.1. The van der Waals surface area contributed by atoms with E-state index in [1.807, 2.05) is 13.0 Å². The summed E-state index contributed by atoms with van der Waals surface area (Å²) < 4.78 is 29.9. The van der Waals surface area contributed by atoms with Gasteiger partial charge in [0.2, 0.25) is 0 Å². The fourth-order valence-electron chi connectivity index (χ4n) is 1.92. The molecule has 2 aromatic rings. The highest BCUT2D eigenvalue weighted by atomic mass is 32.2. The number of hydrogen-bond donors (Lipinski definition) is 1. The zero-order valence-electron chi connectivity index (χ0n) is 11.6. The Morgan fingerprint density at radius 3 is 2.48 bits per heavy atom. The van der Waals surface area contributed by atoms with Gasteiger partial charge in [0.05, 0.1) is 18.0 Å². The molecule has 0 aliphatic carbocycles. The van der Waals surface area contributed by atoms with Crippen LogP contribution in [-0.2, 0) is 10.0 Å². The van der Waals surface area contributed by atoms with Crippen LogP contribution < -0.4 is 9.88 Å². The molecule has 2 N–H and O–H groups in total. The molecule has 0 fully saturated rings. The molecule has 0 aliphatic heterocycles. The monoisotopic (exact) mass is 306 g/mol. The van der Waals surface area contributed by atoms with Crippen molar-refractivity contribution in [1.82, 2.24) is 9.78 Å². The first-order valence-electron chi connectivity index (χ1n) is 6.14. The molecule has 0 saturated heterocycles. The van der Waals surface area contributed by atoms with Crippen LogP contribution in [0.25, 0.3) is 5.69 Å². The summed E-state index contributed by atoms with van der Waals surface area (Å²) in [7, 11) is -4.08. The summed E-state index contributed by atoms with van der Waals surface area (Å²) in [6.07, 6.45) is 0. The maximum atomic E-state index is 11.7. The second-order valence-electron chi connectivity index (χ2n) is 4.26. The van der Waals surface area contributed by atoms with Crippen LogP contribution in [0.4, 0.5) is 0 Å². The highest BCUT2D eigenvalue weighted by Crippen LogP contribution is 2.23. The Hall–Kier alpha value is -2.37. The minimum absolute atomic E-state index is 0.0496. The number of aryl methyl sites for hydroxylation is 1. The van der Waals surface area contributed by atoms with Crippen LogP contribution in [0, 0.1) is 18.3 Å². The van der Waals surface area contributed by atoms with Crippen LogP contribution in [0.15, 0.2) is 29.3 Å². The Balaban J connectivity index is 2.62. The molecule has 1 heterocycles. The Morgan fingerprint density at radius 1 is 1.38 bits per heavy atom. The third-order valence-electron chi connectivity index (χ3n) is 2.79. The van der Waals surface area contributed by atoms with Crippen LogP contribution in [0.3, 0.4) is 0 Å². The minimum Gasteiger partial charge on any atom is -0.494 e. The summed E-state index contributed by atoms with van der Waals surface area (Å²) in [5.74, 6) is 0.655. The molecule has 21 heavy (non-hydrogen) atoms. The van der Waals surface area contributed by atoms with Gasteiger partial charge in [-0.2, -0.15) is 10.4 Å². The number of benzene rings is 1. The Morgan fingerprint density at radius 2 is 2.00 bits per heavy atom. The van der Waals surface area contributed by atoms with Crippen molar-refractivity contribution < 1.29 is 13.2 Å². The predicted molar refractivity (Wildman–Crippen MR) is 75.6 cm³/mol. The molecule has 0 saturated carbocycles. The van der Waals surface area contributed by atoms with Gasteiger partial charge in [-0.25, -0.2) is 18.2 Å². The van der Waals surface area contributed by atoms with Crippen molar-refractivity contribution in [3.63, 3.8) is 0 Å². The summed E-state index contributed by atoms with van der Waals surface area (Å²) in [5, 5.41) is 18.1. The van der Waals surface area contributed by atoms with E-state index in [9.17, 15) is 8.42 Å². The highest BCUT2D eigenvalue weighted by Gasteiger charge is 2.25. The molecule has 0 bridgehead atoms. The lowest BCUT2D eigenvalue weighted by Gasteiger charge is -2.07. The smallest absolute Gasteiger partial charge is 0.257 e. The van der Waals surface area contributed by atoms with Gasteiger partial charge in [0.15, 0.2) is 5.03 Å². The SMILES string of the molecule is CCOc1ccc(-n2nc(C)c(C#N)c2S(N)(=O)=O)cc1. The first-order valence-corrected chi connectivity index (χ1v) is 7.69. The third kappa shape index (κ3) is 2.89. The van der Waals surface area contributed by atoms with E-state index in [0.717, 1.165) is 4.68 Å². The summed E-state index contributed by atoms with van der Waals surface area (Å²) in [6, 6.07) is 8.50. The fraction of sp³-hybridized carbons (Fsp3) is 0.231. The highest BCUT2D eigenvalue weighted by molar-refractivity contribution is 7.89. The molecule has 1 aromatic heterocycles. The standard InChI is InChI=1S/C13H14N4O3S/c1-3-20-11-6-4-10(5-7-11)17-13(21(15,18)19)12(8-14)9(2)16-17/h4-7H,3H2,1-2H3,(H2,15,18,19). The number of nitriles is 1. The van der Waals surface area contributed by atoms with E-state index in [-0.39, 0.29) is 10.6 Å². The molecule has 0 atom stereocenters. The molecular formula is C13H14N4O3S. The van der Waals surface area contributed by atoms with Gasteiger partial charge in [-0.05, 0) is 38.1 Å². The lowest BCUT2D eigenvalue weighted by molar-refractivity contribution is 0.340. The fourth-order valence-corrected chi connectivity index (χ4v) is 2.79. The third-order valence-corrected chi connectivity index (χ3v) is 3.71. The van der Waals surface area contributed by atoms with Crippen molar-refractivity contribution in [2.75, 3.05) is 6.61 Å². The van der Waals surface area contributed by atoms with Gasteiger partial charge < -0.3 is 4.74 Å². The molecule has 0 radical (unpaired) electrons. The lowest BCUT2D eigenvalue weighted by Crippen LogP contribution is -2.18. The molecule has 0 aliphatic rings. The Labute approximate surface area is 122 Å². The van der Waals surface area contributed by atoms with Crippen LogP contribution in [0.2, 0.25) is 0 Å². The molecule has 1 aromatic carbocycles.